The predicted octanol–water partition coefficient (Wildman–Crippen LogP) is 1.03. The SMILES string of the molecule is COCCN(C)C[C@@H]1CCCN1c1nccc(OC)n1. The lowest BCUT2D eigenvalue weighted by atomic mass is 10.2. The van der Waals surface area contributed by atoms with Crippen molar-refractivity contribution in [3.63, 3.8) is 0 Å². The highest BCUT2D eigenvalue weighted by Gasteiger charge is 2.27. The largest absolute Gasteiger partial charge is 0.481 e. The summed E-state index contributed by atoms with van der Waals surface area (Å²) in [7, 11) is 5.49. The zero-order valence-electron chi connectivity index (χ0n) is 12.6. The van der Waals surface area contributed by atoms with E-state index in [0.717, 1.165) is 32.2 Å². The maximum Gasteiger partial charge on any atom is 0.228 e. The van der Waals surface area contributed by atoms with Crippen molar-refractivity contribution in [2.45, 2.75) is 18.9 Å². The molecular formula is C14H24N4O2. The second-order valence-electron chi connectivity index (χ2n) is 5.14. The molecule has 1 aromatic rings. The Labute approximate surface area is 120 Å². The smallest absolute Gasteiger partial charge is 0.228 e. The molecule has 0 N–H and O–H groups in total. The lowest BCUT2D eigenvalue weighted by molar-refractivity contribution is 0.158. The minimum atomic E-state index is 0.462. The number of methoxy groups -OCH3 is 2. The number of likely N-dealkylation sites (N-methyl/N-ethyl adjacent to an activating group) is 1. The molecule has 0 spiro atoms. The van der Waals surface area contributed by atoms with Gasteiger partial charge in [0.1, 0.15) is 0 Å². The first kappa shape index (κ1) is 15.0. The average Bonchev–Trinajstić information content (AvgIpc) is 2.93. The van der Waals surface area contributed by atoms with Gasteiger partial charge in [0.15, 0.2) is 0 Å². The number of ether oxygens (including phenoxy) is 2. The number of anilines is 1. The van der Waals surface area contributed by atoms with Gasteiger partial charge in [-0.15, -0.1) is 0 Å². The van der Waals surface area contributed by atoms with E-state index in [1.54, 1.807) is 26.5 Å². The van der Waals surface area contributed by atoms with Gasteiger partial charge in [0, 0.05) is 45.0 Å². The van der Waals surface area contributed by atoms with E-state index < -0.39 is 0 Å². The maximum absolute atomic E-state index is 5.18. The molecule has 0 radical (unpaired) electrons. The highest BCUT2D eigenvalue weighted by Crippen LogP contribution is 2.23. The molecule has 20 heavy (non-hydrogen) atoms. The second kappa shape index (κ2) is 7.40. The number of hydrogen-bond donors (Lipinski definition) is 0. The molecule has 0 bridgehead atoms. The summed E-state index contributed by atoms with van der Waals surface area (Å²) in [6.07, 6.45) is 4.12. The molecule has 1 saturated heterocycles. The van der Waals surface area contributed by atoms with Gasteiger partial charge in [0.25, 0.3) is 0 Å². The molecule has 0 saturated carbocycles. The molecular weight excluding hydrogens is 256 g/mol. The Balaban J connectivity index is 1.99. The van der Waals surface area contributed by atoms with Gasteiger partial charge in [-0.3, -0.25) is 0 Å². The summed E-state index contributed by atoms with van der Waals surface area (Å²) >= 11 is 0. The van der Waals surface area contributed by atoms with Crippen molar-refractivity contribution in [3.8, 4) is 5.88 Å². The highest BCUT2D eigenvalue weighted by molar-refractivity contribution is 5.35. The molecule has 1 aromatic heterocycles. The van der Waals surface area contributed by atoms with E-state index in [-0.39, 0.29) is 0 Å². The Morgan fingerprint density at radius 1 is 1.45 bits per heavy atom. The molecule has 1 aliphatic heterocycles. The molecule has 2 rings (SSSR count). The van der Waals surface area contributed by atoms with Crippen LogP contribution in [0.2, 0.25) is 0 Å². The fourth-order valence-corrected chi connectivity index (χ4v) is 2.57. The normalized spacial score (nSPS) is 18.8. The molecule has 0 aliphatic carbocycles. The first-order chi connectivity index (χ1) is 9.74. The van der Waals surface area contributed by atoms with Crippen LogP contribution >= 0.6 is 0 Å². The van der Waals surface area contributed by atoms with E-state index in [1.165, 1.54) is 12.8 Å². The lowest BCUT2D eigenvalue weighted by Gasteiger charge is -2.28. The fourth-order valence-electron chi connectivity index (χ4n) is 2.57. The molecule has 112 valence electrons. The molecule has 1 aliphatic rings. The molecule has 0 amide bonds. The molecule has 1 fully saturated rings. The Hall–Kier alpha value is -1.40. The van der Waals surface area contributed by atoms with E-state index >= 15 is 0 Å². The van der Waals surface area contributed by atoms with Crippen molar-refractivity contribution in [2.75, 3.05) is 52.4 Å². The molecule has 0 unspecified atom stereocenters. The van der Waals surface area contributed by atoms with Crippen LogP contribution in [0.25, 0.3) is 0 Å². The van der Waals surface area contributed by atoms with Gasteiger partial charge in [0.05, 0.1) is 13.7 Å². The van der Waals surface area contributed by atoms with Crippen LogP contribution in [0.15, 0.2) is 12.3 Å². The van der Waals surface area contributed by atoms with Crippen molar-refractivity contribution in [1.82, 2.24) is 14.9 Å². The van der Waals surface area contributed by atoms with Gasteiger partial charge >= 0.3 is 0 Å². The van der Waals surface area contributed by atoms with Crippen LogP contribution in [0.5, 0.6) is 5.88 Å². The van der Waals surface area contributed by atoms with E-state index in [9.17, 15) is 0 Å². The summed E-state index contributed by atoms with van der Waals surface area (Å²) in [6.45, 7) is 3.72. The van der Waals surface area contributed by atoms with E-state index in [0.29, 0.717) is 11.9 Å². The number of nitrogens with zero attached hydrogens (tertiary/aromatic N) is 4. The summed E-state index contributed by atoms with van der Waals surface area (Å²) < 4.78 is 10.3. The molecule has 0 aromatic carbocycles. The van der Waals surface area contributed by atoms with Gasteiger partial charge in [-0.2, -0.15) is 4.98 Å². The van der Waals surface area contributed by atoms with Gasteiger partial charge < -0.3 is 19.3 Å². The van der Waals surface area contributed by atoms with Gasteiger partial charge in [-0.1, -0.05) is 0 Å². The number of hydrogen-bond acceptors (Lipinski definition) is 6. The minimum Gasteiger partial charge on any atom is -0.481 e. The third-order valence-corrected chi connectivity index (χ3v) is 3.66. The summed E-state index contributed by atoms with van der Waals surface area (Å²) in [6, 6.07) is 2.24. The summed E-state index contributed by atoms with van der Waals surface area (Å²) in [4.78, 5) is 13.4. The van der Waals surface area contributed by atoms with Crippen LogP contribution in [0, 0.1) is 0 Å². The monoisotopic (exact) mass is 280 g/mol. The molecule has 2 heterocycles. The zero-order valence-corrected chi connectivity index (χ0v) is 12.6. The van der Waals surface area contributed by atoms with Crippen molar-refractivity contribution < 1.29 is 9.47 Å². The Morgan fingerprint density at radius 3 is 3.05 bits per heavy atom. The van der Waals surface area contributed by atoms with E-state index in [2.05, 4.69) is 26.8 Å². The first-order valence-electron chi connectivity index (χ1n) is 7.05. The lowest BCUT2D eigenvalue weighted by Crippen LogP contribution is -2.40. The fraction of sp³-hybridized carbons (Fsp3) is 0.714. The average molecular weight is 280 g/mol. The van der Waals surface area contributed by atoms with Crippen molar-refractivity contribution >= 4 is 5.95 Å². The van der Waals surface area contributed by atoms with E-state index in [1.807, 2.05) is 0 Å². The summed E-state index contributed by atoms with van der Waals surface area (Å²) in [5, 5.41) is 0. The quantitative estimate of drug-likeness (QED) is 0.743. The highest BCUT2D eigenvalue weighted by atomic mass is 16.5. The standard InChI is InChI=1S/C14H24N4O2/c1-17(9-10-19-2)11-12-5-4-8-18(12)14-15-7-6-13(16-14)20-3/h6-7,12H,4-5,8-11H2,1-3H3/t12-/m0/s1. The zero-order chi connectivity index (χ0) is 14.4. The summed E-state index contributed by atoms with van der Waals surface area (Å²) in [5.41, 5.74) is 0. The molecule has 1 atom stereocenters. The van der Waals surface area contributed by atoms with Gasteiger partial charge in [-0.25, -0.2) is 4.98 Å². The van der Waals surface area contributed by atoms with Crippen LogP contribution in [0.1, 0.15) is 12.8 Å². The van der Waals surface area contributed by atoms with Crippen molar-refractivity contribution in [3.05, 3.63) is 12.3 Å². The Kier molecular flexibility index (Phi) is 5.55. The van der Waals surface area contributed by atoms with Crippen molar-refractivity contribution in [2.24, 2.45) is 0 Å². The summed E-state index contributed by atoms with van der Waals surface area (Å²) in [5.74, 6) is 1.39. The van der Waals surface area contributed by atoms with Crippen molar-refractivity contribution in [1.29, 1.82) is 0 Å². The number of aromatic nitrogens is 2. The van der Waals surface area contributed by atoms with Crippen LogP contribution in [-0.4, -0.2) is 68.4 Å². The molecule has 6 nitrogen and oxygen atoms in total. The molecule has 6 heteroatoms. The van der Waals surface area contributed by atoms with Crippen LogP contribution in [-0.2, 0) is 4.74 Å². The predicted molar refractivity (Wildman–Crippen MR) is 78.3 cm³/mol. The Morgan fingerprint density at radius 2 is 2.30 bits per heavy atom. The van der Waals surface area contributed by atoms with Gasteiger partial charge in [-0.05, 0) is 19.9 Å². The van der Waals surface area contributed by atoms with E-state index in [4.69, 9.17) is 9.47 Å². The van der Waals surface area contributed by atoms with Crippen LogP contribution < -0.4 is 9.64 Å². The second-order valence-corrected chi connectivity index (χ2v) is 5.14. The number of rotatable bonds is 7. The Bertz CT molecular complexity index is 416. The van der Waals surface area contributed by atoms with Crippen LogP contribution in [0.4, 0.5) is 5.95 Å². The minimum absolute atomic E-state index is 0.462. The third kappa shape index (κ3) is 3.80. The third-order valence-electron chi connectivity index (χ3n) is 3.66. The maximum atomic E-state index is 5.18. The van der Waals surface area contributed by atoms with Crippen LogP contribution in [0.3, 0.4) is 0 Å². The van der Waals surface area contributed by atoms with Gasteiger partial charge in [0.2, 0.25) is 11.8 Å². The topological polar surface area (TPSA) is 50.7 Å². The first-order valence-corrected chi connectivity index (χ1v) is 7.05.